The lowest BCUT2D eigenvalue weighted by Gasteiger charge is -2.13. The van der Waals surface area contributed by atoms with Gasteiger partial charge in [0.1, 0.15) is 0 Å². The van der Waals surface area contributed by atoms with Crippen molar-refractivity contribution < 1.29 is 24.5 Å². The molecule has 0 spiro atoms. The molecule has 0 aliphatic carbocycles. The largest absolute Gasteiger partial charge is 0.504 e. The number of fused-ring (bicyclic) bond motifs is 1. The van der Waals surface area contributed by atoms with Crippen LogP contribution >= 0.6 is 0 Å². The monoisotopic (exact) mass is 315 g/mol. The zero-order chi connectivity index (χ0) is 16.4. The van der Waals surface area contributed by atoms with Gasteiger partial charge in [0.05, 0.1) is 0 Å². The highest BCUT2D eigenvalue weighted by molar-refractivity contribution is 5.92. The average Bonchev–Trinajstić information content (AvgIpc) is 2.98. The molecule has 0 aromatic heterocycles. The number of carbonyl (C=O) groups is 1. The average molecular weight is 315 g/mol. The predicted molar refractivity (Wildman–Crippen MR) is 83.8 cm³/mol. The SMILES string of the molecule is CC(Cc1ccc(O)c(O)c1)C(=O)Nc1ccc2c(c1)OCO2. The first kappa shape index (κ1) is 15.0. The fraction of sp³-hybridized carbons (Fsp3) is 0.235. The van der Waals surface area contributed by atoms with Crippen molar-refractivity contribution >= 4 is 11.6 Å². The zero-order valence-electron chi connectivity index (χ0n) is 12.6. The standard InChI is InChI=1S/C17H17NO5/c1-10(6-11-2-4-13(19)14(20)7-11)17(21)18-12-3-5-15-16(8-12)23-9-22-15/h2-5,7-8,10,19-20H,6,9H2,1H3,(H,18,21). The van der Waals surface area contributed by atoms with Gasteiger partial charge in [-0.15, -0.1) is 0 Å². The third-order valence-electron chi connectivity index (χ3n) is 3.67. The van der Waals surface area contributed by atoms with Crippen LogP contribution < -0.4 is 14.8 Å². The van der Waals surface area contributed by atoms with Gasteiger partial charge >= 0.3 is 0 Å². The fourth-order valence-electron chi connectivity index (χ4n) is 2.38. The summed E-state index contributed by atoms with van der Waals surface area (Å²) in [5.41, 5.74) is 1.41. The number of hydrogen-bond donors (Lipinski definition) is 3. The number of amides is 1. The number of anilines is 1. The van der Waals surface area contributed by atoms with E-state index in [-0.39, 0.29) is 30.1 Å². The molecule has 6 nitrogen and oxygen atoms in total. The predicted octanol–water partition coefficient (Wildman–Crippen LogP) is 2.64. The number of aromatic hydroxyl groups is 2. The molecule has 2 aromatic rings. The topological polar surface area (TPSA) is 88.0 Å². The Hall–Kier alpha value is -2.89. The van der Waals surface area contributed by atoms with Crippen molar-refractivity contribution in [1.29, 1.82) is 0 Å². The van der Waals surface area contributed by atoms with E-state index >= 15 is 0 Å². The molecule has 3 rings (SSSR count). The molecule has 120 valence electrons. The second-order valence-electron chi connectivity index (χ2n) is 5.49. The second kappa shape index (κ2) is 6.08. The lowest BCUT2D eigenvalue weighted by molar-refractivity contribution is -0.119. The summed E-state index contributed by atoms with van der Waals surface area (Å²) < 4.78 is 10.5. The summed E-state index contributed by atoms with van der Waals surface area (Å²) in [6.07, 6.45) is 0.449. The molecule has 1 unspecified atom stereocenters. The molecule has 1 aliphatic heterocycles. The van der Waals surface area contributed by atoms with E-state index in [4.69, 9.17) is 9.47 Å². The molecule has 0 bridgehead atoms. The summed E-state index contributed by atoms with van der Waals surface area (Å²) in [6.45, 7) is 1.99. The number of phenols is 2. The lowest BCUT2D eigenvalue weighted by atomic mass is 10.00. The van der Waals surface area contributed by atoms with Gasteiger partial charge in [-0.25, -0.2) is 0 Å². The number of phenolic OH excluding ortho intramolecular Hbond substituents is 2. The molecule has 0 radical (unpaired) electrons. The summed E-state index contributed by atoms with van der Waals surface area (Å²) in [4.78, 5) is 12.3. The fourth-order valence-corrected chi connectivity index (χ4v) is 2.38. The Kier molecular flexibility index (Phi) is 3.97. The maximum absolute atomic E-state index is 12.3. The summed E-state index contributed by atoms with van der Waals surface area (Å²) in [5.74, 6) is 0.465. The molecule has 6 heteroatoms. The van der Waals surface area contributed by atoms with Gasteiger partial charge in [0.2, 0.25) is 12.7 Å². The maximum atomic E-state index is 12.3. The van der Waals surface area contributed by atoms with Crippen molar-refractivity contribution in [3.8, 4) is 23.0 Å². The van der Waals surface area contributed by atoms with Crippen LogP contribution in [0.1, 0.15) is 12.5 Å². The van der Waals surface area contributed by atoms with E-state index in [1.807, 2.05) is 0 Å². The molecule has 1 atom stereocenters. The Morgan fingerprint density at radius 2 is 1.91 bits per heavy atom. The molecule has 1 heterocycles. The zero-order valence-corrected chi connectivity index (χ0v) is 12.6. The van der Waals surface area contributed by atoms with Crippen LogP contribution in [-0.2, 0) is 11.2 Å². The van der Waals surface area contributed by atoms with Gasteiger partial charge in [0, 0.05) is 17.7 Å². The van der Waals surface area contributed by atoms with Crippen LogP contribution in [0.4, 0.5) is 5.69 Å². The highest BCUT2D eigenvalue weighted by Gasteiger charge is 2.17. The number of rotatable bonds is 4. The highest BCUT2D eigenvalue weighted by Crippen LogP contribution is 2.34. The van der Waals surface area contributed by atoms with Gasteiger partial charge in [-0.1, -0.05) is 13.0 Å². The Balaban J connectivity index is 1.64. The van der Waals surface area contributed by atoms with Crippen molar-refractivity contribution in [2.75, 3.05) is 12.1 Å². The van der Waals surface area contributed by atoms with E-state index in [2.05, 4.69) is 5.32 Å². The van der Waals surface area contributed by atoms with Crippen LogP contribution in [0, 0.1) is 5.92 Å². The minimum absolute atomic E-state index is 0.142. The van der Waals surface area contributed by atoms with Gasteiger partial charge in [-0.05, 0) is 36.2 Å². The third-order valence-corrected chi connectivity index (χ3v) is 3.67. The van der Waals surface area contributed by atoms with Crippen molar-refractivity contribution in [3.05, 3.63) is 42.0 Å². The first-order valence-corrected chi connectivity index (χ1v) is 7.24. The van der Waals surface area contributed by atoms with E-state index in [9.17, 15) is 15.0 Å². The summed E-state index contributed by atoms with van der Waals surface area (Å²) >= 11 is 0. The molecular weight excluding hydrogens is 298 g/mol. The van der Waals surface area contributed by atoms with Crippen LogP contribution in [0.3, 0.4) is 0 Å². The molecule has 0 saturated heterocycles. The minimum atomic E-state index is -0.302. The van der Waals surface area contributed by atoms with Crippen LogP contribution in [0.15, 0.2) is 36.4 Å². The molecule has 1 amide bonds. The smallest absolute Gasteiger partial charge is 0.231 e. The number of carbonyl (C=O) groups excluding carboxylic acids is 1. The number of hydrogen-bond acceptors (Lipinski definition) is 5. The van der Waals surface area contributed by atoms with Crippen molar-refractivity contribution in [3.63, 3.8) is 0 Å². The van der Waals surface area contributed by atoms with Gasteiger partial charge in [-0.2, -0.15) is 0 Å². The first-order chi connectivity index (χ1) is 11.0. The summed E-state index contributed by atoms with van der Waals surface area (Å²) in [7, 11) is 0. The van der Waals surface area contributed by atoms with Crippen molar-refractivity contribution in [2.24, 2.45) is 5.92 Å². The summed E-state index contributed by atoms with van der Waals surface area (Å²) in [6, 6.07) is 9.77. The first-order valence-electron chi connectivity index (χ1n) is 7.24. The molecule has 23 heavy (non-hydrogen) atoms. The van der Waals surface area contributed by atoms with E-state index in [1.165, 1.54) is 12.1 Å². The Morgan fingerprint density at radius 1 is 1.13 bits per heavy atom. The number of ether oxygens (including phenoxy) is 2. The van der Waals surface area contributed by atoms with Crippen molar-refractivity contribution in [2.45, 2.75) is 13.3 Å². The molecule has 3 N–H and O–H groups in total. The van der Waals surface area contributed by atoms with E-state index in [1.54, 1.807) is 31.2 Å². The minimum Gasteiger partial charge on any atom is -0.504 e. The van der Waals surface area contributed by atoms with Gasteiger partial charge < -0.3 is 25.0 Å². The van der Waals surface area contributed by atoms with E-state index in [0.29, 0.717) is 23.6 Å². The number of benzene rings is 2. The van der Waals surface area contributed by atoms with Crippen molar-refractivity contribution in [1.82, 2.24) is 0 Å². The highest BCUT2D eigenvalue weighted by atomic mass is 16.7. The van der Waals surface area contributed by atoms with Gasteiger partial charge in [0.15, 0.2) is 23.0 Å². The van der Waals surface area contributed by atoms with Crippen LogP contribution in [0.5, 0.6) is 23.0 Å². The molecular formula is C17H17NO5. The number of nitrogens with one attached hydrogen (secondary N) is 1. The Labute approximate surface area is 133 Å². The van der Waals surface area contributed by atoms with Crippen LogP contribution in [-0.4, -0.2) is 22.9 Å². The van der Waals surface area contributed by atoms with Gasteiger partial charge in [-0.3, -0.25) is 4.79 Å². The van der Waals surface area contributed by atoms with Crippen LogP contribution in [0.25, 0.3) is 0 Å². The molecule has 1 aliphatic rings. The quantitative estimate of drug-likeness (QED) is 0.755. The summed E-state index contributed by atoms with van der Waals surface area (Å²) in [5, 5.41) is 21.6. The molecule has 0 fully saturated rings. The Morgan fingerprint density at radius 3 is 2.70 bits per heavy atom. The van der Waals surface area contributed by atoms with E-state index in [0.717, 1.165) is 5.56 Å². The van der Waals surface area contributed by atoms with Crippen LogP contribution in [0.2, 0.25) is 0 Å². The normalized spacial score (nSPS) is 13.6. The molecule has 2 aromatic carbocycles. The third kappa shape index (κ3) is 3.31. The maximum Gasteiger partial charge on any atom is 0.231 e. The van der Waals surface area contributed by atoms with Gasteiger partial charge in [0.25, 0.3) is 0 Å². The Bertz CT molecular complexity index is 744. The second-order valence-corrected chi connectivity index (χ2v) is 5.49. The van der Waals surface area contributed by atoms with E-state index < -0.39 is 0 Å². The molecule has 0 saturated carbocycles. The lowest BCUT2D eigenvalue weighted by Crippen LogP contribution is -2.22.